The van der Waals surface area contributed by atoms with E-state index in [-0.39, 0.29) is 16.3 Å². The van der Waals surface area contributed by atoms with Gasteiger partial charge in [0.2, 0.25) is 6.10 Å². The molecule has 0 aliphatic rings. The van der Waals surface area contributed by atoms with E-state index in [4.69, 9.17) is 16.3 Å². The Morgan fingerprint density at radius 1 is 0.973 bits per heavy atom. The van der Waals surface area contributed by atoms with E-state index in [0.717, 1.165) is 17.8 Å². The number of alkyl halides is 3. The molecule has 7 nitrogen and oxygen atoms in total. The highest BCUT2D eigenvalue weighted by atomic mass is 35.5. The van der Waals surface area contributed by atoms with E-state index in [2.05, 4.69) is 10.6 Å². The summed E-state index contributed by atoms with van der Waals surface area (Å²) in [7, 11) is 3.71. The zero-order valence-corrected chi connectivity index (χ0v) is 20.6. The first-order valence-corrected chi connectivity index (χ1v) is 11.3. The molecule has 0 fully saturated rings. The lowest BCUT2D eigenvalue weighted by molar-refractivity contribution is -0.153. The summed E-state index contributed by atoms with van der Waals surface area (Å²) in [6.45, 7) is -0.546. The molecule has 11 heteroatoms. The molecule has 0 bridgehead atoms. The summed E-state index contributed by atoms with van der Waals surface area (Å²) >= 11 is 5.98. The van der Waals surface area contributed by atoms with Crippen LogP contribution in [0.2, 0.25) is 5.02 Å². The zero-order valence-electron chi connectivity index (χ0n) is 19.8. The summed E-state index contributed by atoms with van der Waals surface area (Å²) in [6.07, 6.45) is -6.17. The third kappa shape index (κ3) is 7.47. The Balaban J connectivity index is 1.71. The number of hydrogen-bond donors (Lipinski definition) is 2. The van der Waals surface area contributed by atoms with Gasteiger partial charge in [-0.05, 0) is 42.5 Å². The lowest BCUT2D eigenvalue weighted by Crippen LogP contribution is -2.33. The van der Waals surface area contributed by atoms with E-state index in [9.17, 15) is 27.6 Å². The topological polar surface area (TPSA) is 87.7 Å². The fourth-order valence-corrected chi connectivity index (χ4v) is 3.40. The molecular formula is C26H23ClF3N3O4. The van der Waals surface area contributed by atoms with Crippen molar-refractivity contribution in [2.75, 3.05) is 30.9 Å². The maximum atomic E-state index is 13.1. The van der Waals surface area contributed by atoms with Crippen LogP contribution in [0.1, 0.15) is 27.6 Å². The SMILES string of the molecule is CN(C)c1ccc(C(=O)NCC(=O)OC(C(=O)Nc2cc(C(F)(F)F)ccc2Cl)c2ccccc2)cc1. The number of hydrogen-bond acceptors (Lipinski definition) is 5. The normalized spacial score (nSPS) is 11.8. The van der Waals surface area contributed by atoms with Gasteiger partial charge < -0.3 is 20.3 Å². The maximum absolute atomic E-state index is 13.1. The van der Waals surface area contributed by atoms with Crippen LogP contribution in [-0.2, 0) is 20.5 Å². The molecule has 2 N–H and O–H groups in total. The van der Waals surface area contributed by atoms with Crippen molar-refractivity contribution in [2.45, 2.75) is 12.3 Å². The highest BCUT2D eigenvalue weighted by Gasteiger charge is 2.32. The van der Waals surface area contributed by atoms with Crippen LogP contribution in [0.25, 0.3) is 0 Å². The average Bonchev–Trinajstić information content (AvgIpc) is 2.87. The number of anilines is 2. The van der Waals surface area contributed by atoms with Crippen LogP contribution in [0.3, 0.4) is 0 Å². The predicted molar refractivity (Wildman–Crippen MR) is 133 cm³/mol. The van der Waals surface area contributed by atoms with Gasteiger partial charge in [0.15, 0.2) is 0 Å². The molecule has 3 aromatic carbocycles. The summed E-state index contributed by atoms with van der Waals surface area (Å²) in [4.78, 5) is 39.8. The average molecular weight is 534 g/mol. The Morgan fingerprint density at radius 2 is 1.62 bits per heavy atom. The maximum Gasteiger partial charge on any atom is 0.416 e. The van der Waals surface area contributed by atoms with E-state index in [1.807, 2.05) is 19.0 Å². The second-order valence-corrected chi connectivity index (χ2v) is 8.49. The monoisotopic (exact) mass is 533 g/mol. The minimum Gasteiger partial charge on any atom is -0.446 e. The lowest BCUT2D eigenvalue weighted by atomic mass is 10.1. The third-order valence-corrected chi connectivity index (χ3v) is 5.51. The van der Waals surface area contributed by atoms with Gasteiger partial charge in [-0.15, -0.1) is 0 Å². The molecule has 0 saturated carbocycles. The van der Waals surface area contributed by atoms with Gasteiger partial charge in [0.1, 0.15) is 6.54 Å². The molecule has 0 aliphatic carbocycles. The number of esters is 1. The molecular weight excluding hydrogens is 511 g/mol. The Morgan fingerprint density at radius 3 is 2.22 bits per heavy atom. The van der Waals surface area contributed by atoms with Gasteiger partial charge in [-0.1, -0.05) is 41.9 Å². The van der Waals surface area contributed by atoms with Gasteiger partial charge in [0, 0.05) is 30.9 Å². The quantitative estimate of drug-likeness (QED) is 0.394. The minimum atomic E-state index is -4.65. The molecule has 1 unspecified atom stereocenters. The molecule has 0 spiro atoms. The summed E-state index contributed by atoms with van der Waals surface area (Å²) < 4.78 is 44.6. The van der Waals surface area contributed by atoms with Crippen LogP contribution in [0.5, 0.6) is 0 Å². The zero-order chi connectivity index (χ0) is 27.2. The number of nitrogens with zero attached hydrogens (tertiary/aromatic N) is 1. The number of benzene rings is 3. The molecule has 0 aliphatic heterocycles. The van der Waals surface area contributed by atoms with E-state index >= 15 is 0 Å². The van der Waals surface area contributed by atoms with Crippen molar-refractivity contribution in [3.8, 4) is 0 Å². The van der Waals surface area contributed by atoms with Crippen LogP contribution in [-0.4, -0.2) is 38.4 Å². The van der Waals surface area contributed by atoms with Gasteiger partial charge in [-0.25, -0.2) is 0 Å². The van der Waals surface area contributed by atoms with Crippen molar-refractivity contribution in [1.29, 1.82) is 0 Å². The third-order valence-electron chi connectivity index (χ3n) is 5.18. The summed E-state index contributed by atoms with van der Waals surface area (Å²) in [5.74, 6) is -2.39. The molecule has 0 heterocycles. The van der Waals surface area contributed by atoms with Crippen LogP contribution >= 0.6 is 11.6 Å². The molecule has 3 rings (SSSR count). The minimum absolute atomic E-state index is 0.132. The lowest BCUT2D eigenvalue weighted by Gasteiger charge is -2.19. The van der Waals surface area contributed by atoms with E-state index in [0.29, 0.717) is 11.6 Å². The number of carbonyl (C=O) groups excluding carboxylic acids is 3. The number of halogens is 4. The second-order valence-electron chi connectivity index (χ2n) is 8.09. The van der Waals surface area contributed by atoms with E-state index in [1.54, 1.807) is 42.5 Å². The molecule has 0 radical (unpaired) electrons. The number of ether oxygens (including phenoxy) is 1. The molecule has 0 saturated heterocycles. The Bertz CT molecular complexity index is 1270. The van der Waals surface area contributed by atoms with Gasteiger partial charge in [0.05, 0.1) is 16.3 Å². The van der Waals surface area contributed by atoms with Gasteiger partial charge in [-0.2, -0.15) is 13.2 Å². The van der Waals surface area contributed by atoms with Crippen molar-refractivity contribution in [3.05, 3.63) is 94.5 Å². The Hall–Kier alpha value is -4.05. The number of nitrogens with one attached hydrogen (secondary N) is 2. The first-order chi connectivity index (χ1) is 17.5. The van der Waals surface area contributed by atoms with E-state index in [1.165, 1.54) is 12.1 Å². The highest BCUT2D eigenvalue weighted by Crippen LogP contribution is 2.34. The summed E-state index contributed by atoms with van der Waals surface area (Å²) in [6, 6.07) is 17.0. The second kappa shape index (κ2) is 11.8. The molecule has 37 heavy (non-hydrogen) atoms. The van der Waals surface area contributed by atoms with Gasteiger partial charge >= 0.3 is 12.1 Å². The summed E-state index contributed by atoms with van der Waals surface area (Å²) in [5, 5.41) is 4.58. The number of carbonyl (C=O) groups is 3. The van der Waals surface area contributed by atoms with Gasteiger partial charge in [-0.3, -0.25) is 14.4 Å². The summed E-state index contributed by atoms with van der Waals surface area (Å²) in [5.41, 5.74) is 0.153. The van der Waals surface area contributed by atoms with Crippen LogP contribution < -0.4 is 15.5 Å². The smallest absolute Gasteiger partial charge is 0.416 e. The fourth-order valence-electron chi connectivity index (χ4n) is 3.24. The molecule has 2 amide bonds. The first kappa shape index (κ1) is 27.5. The van der Waals surface area contributed by atoms with Crippen molar-refractivity contribution in [2.24, 2.45) is 0 Å². The molecule has 3 aromatic rings. The van der Waals surface area contributed by atoms with Crippen molar-refractivity contribution >= 4 is 40.8 Å². The highest BCUT2D eigenvalue weighted by molar-refractivity contribution is 6.33. The number of rotatable bonds is 8. The largest absolute Gasteiger partial charge is 0.446 e. The van der Waals surface area contributed by atoms with Crippen LogP contribution in [0.15, 0.2) is 72.8 Å². The van der Waals surface area contributed by atoms with Gasteiger partial charge in [0.25, 0.3) is 11.8 Å². The standard InChI is InChI=1S/C26H23ClF3N3O4/c1-33(2)19-11-8-17(9-12-19)24(35)31-15-22(34)37-23(16-6-4-3-5-7-16)25(36)32-21-14-18(26(28,29)30)10-13-20(21)27/h3-14,23H,15H2,1-2H3,(H,31,35)(H,32,36). The number of amides is 2. The van der Waals surface area contributed by atoms with Crippen molar-refractivity contribution in [3.63, 3.8) is 0 Å². The Labute approximate surface area is 216 Å². The fraction of sp³-hybridized carbons (Fsp3) is 0.192. The van der Waals surface area contributed by atoms with Crippen molar-refractivity contribution < 1.29 is 32.3 Å². The Kier molecular flexibility index (Phi) is 8.77. The molecule has 194 valence electrons. The van der Waals surface area contributed by atoms with Crippen molar-refractivity contribution in [1.82, 2.24) is 5.32 Å². The van der Waals surface area contributed by atoms with Crippen LogP contribution in [0, 0.1) is 0 Å². The molecule has 1 atom stereocenters. The predicted octanol–water partition coefficient (Wildman–Crippen LogP) is 5.08. The van der Waals surface area contributed by atoms with E-state index < -0.39 is 42.2 Å². The van der Waals surface area contributed by atoms with Crippen LogP contribution in [0.4, 0.5) is 24.5 Å². The first-order valence-electron chi connectivity index (χ1n) is 10.9. The molecule has 0 aromatic heterocycles.